The Morgan fingerprint density at radius 3 is 2.40 bits per heavy atom. The molecule has 2 amide bonds. The summed E-state index contributed by atoms with van der Waals surface area (Å²) < 4.78 is 5.36. The van der Waals surface area contributed by atoms with Crippen molar-refractivity contribution in [2.45, 2.75) is 104 Å². The minimum absolute atomic E-state index is 0.0163. The van der Waals surface area contributed by atoms with Crippen LogP contribution in [-0.2, 0) is 9.53 Å². The normalized spacial score (nSPS) is 30.6. The number of nitrogens with zero attached hydrogens (tertiary/aromatic N) is 3. The van der Waals surface area contributed by atoms with Crippen LogP contribution in [-0.4, -0.2) is 77.6 Å². The maximum Gasteiger partial charge on any atom is 0.410 e. The lowest BCUT2D eigenvalue weighted by molar-refractivity contribution is -0.135. The van der Waals surface area contributed by atoms with Gasteiger partial charge in [-0.3, -0.25) is 4.79 Å². The van der Waals surface area contributed by atoms with Crippen molar-refractivity contribution >= 4 is 12.0 Å². The van der Waals surface area contributed by atoms with Crippen molar-refractivity contribution in [3.05, 3.63) is 23.3 Å². The highest BCUT2D eigenvalue weighted by molar-refractivity contribution is 5.78. The van der Waals surface area contributed by atoms with Crippen LogP contribution < -0.4 is 0 Å². The minimum Gasteiger partial charge on any atom is -0.450 e. The van der Waals surface area contributed by atoms with Gasteiger partial charge in [0.1, 0.15) is 0 Å². The van der Waals surface area contributed by atoms with Crippen LogP contribution >= 0.6 is 0 Å². The molecule has 0 N–H and O–H groups in total. The summed E-state index contributed by atoms with van der Waals surface area (Å²) in [5.41, 5.74) is 3.23. The van der Waals surface area contributed by atoms with Crippen LogP contribution in [0.4, 0.5) is 4.79 Å². The van der Waals surface area contributed by atoms with Gasteiger partial charge in [-0.1, -0.05) is 38.5 Å². The van der Waals surface area contributed by atoms with Crippen molar-refractivity contribution in [1.82, 2.24) is 14.7 Å². The molecule has 0 aromatic heterocycles. The number of allylic oxidation sites excluding steroid dienone is 1. The lowest BCUT2D eigenvalue weighted by Crippen LogP contribution is -2.57. The van der Waals surface area contributed by atoms with E-state index in [1.165, 1.54) is 5.57 Å². The van der Waals surface area contributed by atoms with Crippen molar-refractivity contribution in [2.75, 3.05) is 32.8 Å². The average Bonchev–Trinajstić information content (AvgIpc) is 3.08. The number of rotatable bonds is 3. The van der Waals surface area contributed by atoms with E-state index in [0.29, 0.717) is 37.1 Å². The molecule has 1 aliphatic carbocycles. The molecule has 5 aliphatic rings. The van der Waals surface area contributed by atoms with Gasteiger partial charge >= 0.3 is 6.09 Å². The zero-order chi connectivity index (χ0) is 24.8. The zero-order valence-corrected chi connectivity index (χ0v) is 22.4. The molecule has 2 unspecified atom stereocenters. The molecule has 194 valence electrons. The highest BCUT2D eigenvalue weighted by Gasteiger charge is 2.49. The predicted molar refractivity (Wildman–Crippen MR) is 138 cm³/mol. The lowest BCUT2D eigenvalue weighted by Gasteiger charge is -2.52. The fourth-order valence-electron chi connectivity index (χ4n) is 7.65. The second-order valence-electron chi connectivity index (χ2n) is 12.9. The third-order valence-electron chi connectivity index (χ3n) is 9.26. The molecule has 5 rings (SSSR count). The molecule has 0 aromatic rings. The predicted octanol–water partition coefficient (Wildman–Crippen LogP) is 5.15. The van der Waals surface area contributed by atoms with Gasteiger partial charge in [0.15, 0.2) is 0 Å². The molecule has 0 aromatic carbocycles. The maximum absolute atomic E-state index is 13.3. The van der Waals surface area contributed by atoms with E-state index in [4.69, 9.17) is 4.74 Å². The van der Waals surface area contributed by atoms with Gasteiger partial charge in [-0.05, 0) is 82.4 Å². The molecule has 6 nitrogen and oxygen atoms in total. The SMILES string of the molecule is CCOC(=O)N1C2CCC1CC(N1CCC3(CC1)CN(C(=O)CC(C)(C)C)CC1=C3CCC=C1)C2. The number of carbonyl (C=O) groups excluding carboxylic acids is 2. The number of fused-ring (bicyclic) bond motifs is 3. The minimum atomic E-state index is -0.108. The fraction of sp³-hybridized carbons (Fsp3) is 0.793. The van der Waals surface area contributed by atoms with E-state index in [1.807, 2.05) is 6.92 Å². The molecular formula is C29H45N3O3. The van der Waals surface area contributed by atoms with E-state index in [1.54, 1.807) is 5.57 Å². The molecular weight excluding hydrogens is 438 g/mol. The number of ether oxygens (including phenoxy) is 1. The molecule has 35 heavy (non-hydrogen) atoms. The Hall–Kier alpha value is -1.82. The summed E-state index contributed by atoms with van der Waals surface area (Å²) >= 11 is 0. The highest BCUT2D eigenvalue weighted by Crippen LogP contribution is 2.49. The quantitative estimate of drug-likeness (QED) is 0.557. The Morgan fingerprint density at radius 1 is 1.09 bits per heavy atom. The van der Waals surface area contributed by atoms with E-state index in [-0.39, 0.29) is 16.9 Å². The Labute approximate surface area is 211 Å². The second kappa shape index (κ2) is 9.57. The van der Waals surface area contributed by atoms with Crippen LogP contribution in [0.25, 0.3) is 0 Å². The van der Waals surface area contributed by atoms with Gasteiger partial charge in [-0.25, -0.2) is 4.79 Å². The summed E-state index contributed by atoms with van der Waals surface area (Å²) in [6.07, 6.45) is 14.1. The molecule has 0 radical (unpaired) electrons. The maximum atomic E-state index is 13.3. The standard InChI is InChI=1S/C29H45N3O3/c1-5-35-27(34)32-22-10-11-23(32)17-24(16-22)30-14-12-29(13-15-30)20-31(26(33)18-28(2,3)4)19-21-8-6-7-9-25(21)29/h6,8,22-24H,5,7,9-20H2,1-4H3. The Morgan fingerprint density at radius 2 is 1.77 bits per heavy atom. The topological polar surface area (TPSA) is 53.1 Å². The van der Waals surface area contributed by atoms with Crippen LogP contribution in [0.1, 0.15) is 85.5 Å². The van der Waals surface area contributed by atoms with Crippen molar-refractivity contribution in [2.24, 2.45) is 10.8 Å². The summed E-state index contributed by atoms with van der Waals surface area (Å²) in [6, 6.07) is 1.25. The first-order valence-electron chi connectivity index (χ1n) is 14.0. The molecule has 4 aliphatic heterocycles. The summed E-state index contributed by atoms with van der Waals surface area (Å²) in [4.78, 5) is 32.7. The average molecular weight is 484 g/mol. The van der Waals surface area contributed by atoms with Gasteiger partial charge in [-0.2, -0.15) is 0 Å². The molecule has 2 bridgehead atoms. The molecule has 3 fully saturated rings. The van der Waals surface area contributed by atoms with Gasteiger partial charge < -0.3 is 19.4 Å². The smallest absolute Gasteiger partial charge is 0.410 e. The van der Waals surface area contributed by atoms with E-state index >= 15 is 0 Å². The lowest BCUT2D eigenvalue weighted by atomic mass is 9.65. The van der Waals surface area contributed by atoms with Crippen LogP contribution in [0.5, 0.6) is 0 Å². The Kier molecular flexibility index (Phi) is 6.80. The highest BCUT2D eigenvalue weighted by atomic mass is 16.6. The van der Waals surface area contributed by atoms with Crippen molar-refractivity contribution < 1.29 is 14.3 Å². The second-order valence-corrected chi connectivity index (χ2v) is 12.9. The summed E-state index contributed by atoms with van der Waals surface area (Å²) in [7, 11) is 0. The van der Waals surface area contributed by atoms with Crippen molar-refractivity contribution in [3.63, 3.8) is 0 Å². The Balaban J connectivity index is 1.27. The molecule has 6 heteroatoms. The van der Waals surface area contributed by atoms with Gasteiger partial charge in [0, 0.05) is 43.1 Å². The van der Waals surface area contributed by atoms with E-state index in [9.17, 15) is 9.59 Å². The first kappa shape index (κ1) is 24.9. The van der Waals surface area contributed by atoms with Crippen molar-refractivity contribution in [1.29, 1.82) is 0 Å². The largest absolute Gasteiger partial charge is 0.450 e. The number of hydrogen-bond acceptors (Lipinski definition) is 4. The number of hydrogen-bond donors (Lipinski definition) is 0. The third-order valence-corrected chi connectivity index (χ3v) is 9.26. The fourth-order valence-corrected chi connectivity index (χ4v) is 7.65. The third kappa shape index (κ3) is 4.92. The first-order valence-corrected chi connectivity index (χ1v) is 14.0. The molecule has 4 heterocycles. The van der Waals surface area contributed by atoms with Crippen LogP contribution in [0.3, 0.4) is 0 Å². The Bertz CT molecular complexity index is 879. The first-order chi connectivity index (χ1) is 16.7. The van der Waals surface area contributed by atoms with Gasteiger partial charge in [0.05, 0.1) is 6.61 Å². The number of piperidine rings is 2. The van der Waals surface area contributed by atoms with E-state index < -0.39 is 0 Å². The van der Waals surface area contributed by atoms with Crippen molar-refractivity contribution in [3.8, 4) is 0 Å². The zero-order valence-electron chi connectivity index (χ0n) is 22.4. The number of carbonyl (C=O) groups is 2. The molecule has 1 spiro atoms. The van der Waals surface area contributed by atoms with E-state index in [2.05, 4.69) is 47.6 Å². The van der Waals surface area contributed by atoms with Crippen LogP contribution in [0.15, 0.2) is 23.3 Å². The van der Waals surface area contributed by atoms with Gasteiger partial charge in [0.2, 0.25) is 5.91 Å². The molecule has 0 saturated carbocycles. The number of likely N-dealkylation sites (tertiary alicyclic amines) is 1. The molecule has 3 saturated heterocycles. The van der Waals surface area contributed by atoms with E-state index in [0.717, 1.165) is 77.5 Å². The van der Waals surface area contributed by atoms with Crippen LogP contribution in [0.2, 0.25) is 0 Å². The van der Waals surface area contributed by atoms with Gasteiger partial charge in [-0.15, -0.1) is 0 Å². The van der Waals surface area contributed by atoms with Crippen LogP contribution in [0, 0.1) is 10.8 Å². The summed E-state index contributed by atoms with van der Waals surface area (Å²) in [6.45, 7) is 12.7. The monoisotopic (exact) mass is 483 g/mol. The number of amides is 2. The summed E-state index contributed by atoms with van der Waals surface area (Å²) in [5, 5.41) is 0. The van der Waals surface area contributed by atoms with Gasteiger partial charge in [0.25, 0.3) is 0 Å². The molecule has 2 atom stereocenters. The summed E-state index contributed by atoms with van der Waals surface area (Å²) in [5.74, 6) is 0.313.